The lowest BCUT2D eigenvalue weighted by molar-refractivity contribution is 0.1000. The molecule has 2 saturated heterocycles. The van der Waals surface area contributed by atoms with Crippen LogP contribution in [0.15, 0.2) is 42.5 Å². The SMILES string of the molecule is C1CCNC1.CC1CCN(C(=O)N2CCOc3ccc(-c4ccc(C(N)=O)cc4)cc3C2)CC1. The summed E-state index contributed by atoms with van der Waals surface area (Å²) in [5.41, 5.74) is 8.82. The van der Waals surface area contributed by atoms with E-state index in [0.717, 1.165) is 48.4 Å². The number of carbonyl (C=O) groups is 2. The predicted octanol–water partition coefficient (Wildman–Crippen LogP) is 3.87. The van der Waals surface area contributed by atoms with E-state index in [0.29, 0.717) is 31.2 Å². The lowest BCUT2D eigenvalue weighted by atomic mass is 9.99. The van der Waals surface area contributed by atoms with Crippen molar-refractivity contribution in [1.29, 1.82) is 0 Å². The summed E-state index contributed by atoms with van der Waals surface area (Å²) < 4.78 is 5.90. The van der Waals surface area contributed by atoms with Crippen LogP contribution in [0.1, 0.15) is 48.5 Å². The number of nitrogens with zero attached hydrogens (tertiary/aromatic N) is 2. The van der Waals surface area contributed by atoms with Gasteiger partial charge in [0.05, 0.1) is 13.1 Å². The average molecular weight is 465 g/mol. The molecule has 3 amide bonds. The lowest BCUT2D eigenvalue weighted by Crippen LogP contribution is -2.46. The number of primary amides is 1. The molecule has 0 unspecified atom stereocenters. The smallest absolute Gasteiger partial charge is 0.320 e. The number of hydrogen-bond donors (Lipinski definition) is 2. The Balaban J connectivity index is 0.000000486. The van der Waals surface area contributed by atoms with Crippen molar-refractivity contribution in [1.82, 2.24) is 15.1 Å². The van der Waals surface area contributed by atoms with Crippen LogP contribution in [0.5, 0.6) is 5.75 Å². The number of amides is 3. The molecule has 2 aromatic rings. The van der Waals surface area contributed by atoms with Gasteiger partial charge in [0.15, 0.2) is 0 Å². The van der Waals surface area contributed by atoms with E-state index in [-0.39, 0.29) is 6.03 Å². The zero-order valence-electron chi connectivity index (χ0n) is 20.1. The van der Waals surface area contributed by atoms with Gasteiger partial charge in [0.2, 0.25) is 5.91 Å². The van der Waals surface area contributed by atoms with Crippen molar-refractivity contribution in [2.45, 2.75) is 39.2 Å². The molecule has 5 rings (SSSR count). The molecular formula is C27H36N4O3. The maximum Gasteiger partial charge on any atom is 0.320 e. The molecule has 2 aromatic carbocycles. The molecule has 0 aromatic heterocycles. The van der Waals surface area contributed by atoms with Gasteiger partial charge in [-0.1, -0.05) is 25.1 Å². The second-order valence-electron chi connectivity index (χ2n) is 9.44. The Morgan fingerprint density at radius 2 is 1.62 bits per heavy atom. The Morgan fingerprint density at radius 3 is 2.24 bits per heavy atom. The summed E-state index contributed by atoms with van der Waals surface area (Å²) in [4.78, 5) is 28.2. The van der Waals surface area contributed by atoms with Gasteiger partial charge in [-0.2, -0.15) is 0 Å². The third-order valence-electron chi connectivity index (χ3n) is 6.82. The highest BCUT2D eigenvalue weighted by Crippen LogP contribution is 2.30. The van der Waals surface area contributed by atoms with E-state index in [2.05, 4.69) is 18.3 Å². The summed E-state index contributed by atoms with van der Waals surface area (Å²) in [7, 11) is 0. The van der Waals surface area contributed by atoms with Crippen LogP contribution >= 0.6 is 0 Å². The Bertz CT molecular complexity index is 972. The molecule has 0 aliphatic carbocycles. The quantitative estimate of drug-likeness (QED) is 0.706. The van der Waals surface area contributed by atoms with Gasteiger partial charge in [0.25, 0.3) is 0 Å². The first kappa shape index (κ1) is 24.1. The van der Waals surface area contributed by atoms with Crippen molar-refractivity contribution < 1.29 is 14.3 Å². The number of carbonyl (C=O) groups excluding carboxylic acids is 2. The number of hydrogen-bond acceptors (Lipinski definition) is 4. The molecule has 3 N–H and O–H groups in total. The maximum atomic E-state index is 13.0. The zero-order valence-corrected chi connectivity index (χ0v) is 20.1. The van der Waals surface area contributed by atoms with Gasteiger partial charge in [-0.15, -0.1) is 0 Å². The molecule has 0 spiro atoms. The molecule has 3 aliphatic rings. The summed E-state index contributed by atoms with van der Waals surface area (Å²) in [6, 6.07) is 13.4. The summed E-state index contributed by atoms with van der Waals surface area (Å²) in [5, 5.41) is 3.22. The molecular weight excluding hydrogens is 428 g/mol. The largest absolute Gasteiger partial charge is 0.491 e. The van der Waals surface area contributed by atoms with Crippen molar-refractivity contribution in [2.24, 2.45) is 11.7 Å². The topological polar surface area (TPSA) is 87.9 Å². The van der Waals surface area contributed by atoms with Crippen LogP contribution < -0.4 is 15.8 Å². The van der Waals surface area contributed by atoms with Gasteiger partial charge < -0.3 is 25.6 Å². The van der Waals surface area contributed by atoms with Crippen LogP contribution in [-0.2, 0) is 6.54 Å². The highest BCUT2D eigenvalue weighted by atomic mass is 16.5. The fraction of sp³-hybridized carbons (Fsp3) is 0.481. The fourth-order valence-electron chi connectivity index (χ4n) is 4.59. The van der Waals surface area contributed by atoms with Crippen molar-refractivity contribution in [2.75, 3.05) is 39.3 Å². The van der Waals surface area contributed by atoms with E-state index in [1.165, 1.54) is 25.9 Å². The zero-order chi connectivity index (χ0) is 23.9. The first-order valence-electron chi connectivity index (χ1n) is 12.4. The van der Waals surface area contributed by atoms with Crippen molar-refractivity contribution in [3.8, 4) is 16.9 Å². The van der Waals surface area contributed by atoms with Gasteiger partial charge in [0.1, 0.15) is 12.4 Å². The van der Waals surface area contributed by atoms with Crippen LogP contribution in [0.4, 0.5) is 4.79 Å². The Morgan fingerprint density at radius 1 is 0.941 bits per heavy atom. The molecule has 34 heavy (non-hydrogen) atoms. The van der Waals surface area contributed by atoms with Gasteiger partial charge in [-0.3, -0.25) is 4.79 Å². The van der Waals surface area contributed by atoms with Gasteiger partial charge >= 0.3 is 6.03 Å². The molecule has 3 heterocycles. The van der Waals surface area contributed by atoms with Crippen LogP contribution in [0.2, 0.25) is 0 Å². The molecule has 0 bridgehead atoms. The molecule has 2 fully saturated rings. The number of rotatable bonds is 2. The van der Waals surface area contributed by atoms with E-state index in [9.17, 15) is 9.59 Å². The van der Waals surface area contributed by atoms with Crippen LogP contribution in [0, 0.1) is 5.92 Å². The maximum absolute atomic E-state index is 13.0. The predicted molar refractivity (Wildman–Crippen MR) is 134 cm³/mol. The van der Waals surface area contributed by atoms with Gasteiger partial charge in [0, 0.05) is 24.2 Å². The number of fused-ring (bicyclic) bond motifs is 1. The summed E-state index contributed by atoms with van der Waals surface area (Å²) in [5.74, 6) is 1.08. The van der Waals surface area contributed by atoms with Crippen LogP contribution in [0.25, 0.3) is 11.1 Å². The highest BCUT2D eigenvalue weighted by molar-refractivity contribution is 5.93. The third-order valence-corrected chi connectivity index (χ3v) is 6.82. The van der Waals surface area contributed by atoms with Gasteiger partial charge in [-0.25, -0.2) is 4.79 Å². The number of benzene rings is 2. The fourth-order valence-corrected chi connectivity index (χ4v) is 4.59. The molecule has 182 valence electrons. The van der Waals surface area contributed by atoms with E-state index < -0.39 is 5.91 Å². The molecule has 7 nitrogen and oxygen atoms in total. The molecule has 3 aliphatic heterocycles. The number of ether oxygens (including phenoxy) is 1. The monoisotopic (exact) mass is 464 g/mol. The van der Waals surface area contributed by atoms with Crippen LogP contribution in [0.3, 0.4) is 0 Å². The van der Waals surface area contributed by atoms with E-state index in [1.807, 2.05) is 34.1 Å². The summed E-state index contributed by atoms with van der Waals surface area (Å²) in [6.07, 6.45) is 4.91. The average Bonchev–Trinajstić information content (AvgIpc) is 3.37. The second kappa shape index (κ2) is 11.4. The van der Waals surface area contributed by atoms with E-state index >= 15 is 0 Å². The molecule has 0 atom stereocenters. The normalized spacial score (nSPS) is 18.3. The Hall–Kier alpha value is -3.06. The summed E-state index contributed by atoms with van der Waals surface area (Å²) >= 11 is 0. The molecule has 0 radical (unpaired) electrons. The first-order chi connectivity index (χ1) is 16.5. The van der Waals surface area contributed by atoms with Crippen molar-refractivity contribution in [3.05, 3.63) is 53.6 Å². The molecule has 0 saturated carbocycles. The number of urea groups is 1. The number of nitrogens with two attached hydrogens (primary N) is 1. The Kier molecular flexibility index (Phi) is 8.06. The second-order valence-corrected chi connectivity index (χ2v) is 9.44. The number of nitrogens with one attached hydrogen (secondary N) is 1. The van der Waals surface area contributed by atoms with Gasteiger partial charge in [-0.05, 0) is 80.1 Å². The minimum atomic E-state index is -0.437. The van der Waals surface area contributed by atoms with Crippen LogP contribution in [-0.4, -0.2) is 61.1 Å². The lowest BCUT2D eigenvalue weighted by Gasteiger charge is -2.34. The number of likely N-dealkylation sites (tertiary alicyclic amines) is 1. The standard InChI is InChI=1S/C23H27N3O3.C4H9N/c1-16-8-10-25(11-9-16)23(28)26-12-13-29-21-7-6-19(14-20(21)15-26)17-2-4-18(5-3-17)22(24)27;1-2-4-5-3-1/h2-7,14,16H,8-13,15H2,1H3,(H2,24,27);5H,1-4H2. The van der Waals surface area contributed by atoms with Crippen molar-refractivity contribution in [3.63, 3.8) is 0 Å². The highest BCUT2D eigenvalue weighted by Gasteiger charge is 2.27. The minimum Gasteiger partial charge on any atom is -0.491 e. The first-order valence-corrected chi connectivity index (χ1v) is 12.4. The molecule has 7 heteroatoms. The van der Waals surface area contributed by atoms with Crippen molar-refractivity contribution >= 4 is 11.9 Å². The van der Waals surface area contributed by atoms with E-state index in [4.69, 9.17) is 10.5 Å². The summed E-state index contributed by atoms with van der Waals surface area (Å²) in [6.45, 7) is 8.02. The third kappa shape index (κ3) is 6.08. The van der Waals surface area contributed by atoms with E-state index in [1.54, 1.807) is 12.1 Å². The Labute approximate surface area is 202 Å². The number of piperidine rings is 1. The minimum absolute atomic E-state index is 0.101.